The molecule has 0 spiro atoms. The van der Waals surface area contributed by atoms with Crippen molar-refractivity contribution in [2.75, 3.05) is 18.0 Å². The average molecular weight is 628 g/mol. The number of methoxy groups -OCH3 is 1. The van der Waals surface area contributed by atoms with E-state index in [2.05, 4.69) is 5.32 Å². The molecule has 4 rings (SSSR count). The lowest BCUT2D eigenvalue weighted by Crippen LogP contribution is -2.54. The molecule has 0 radical (unpaired) electrons. The molecule has 1 atom stereocenters. The van der Waals surface area contributed by atoms with Crippen LogP contribution in [0, 0.1) is 13.8 Å². The number of amides is 2. The van der Waals surface area contributed by atoms with Crippen LogP contribution in [0.2, 0.25) is 0 Å². The minimum absolute atomic E-state index is 0.0561. The molecule has 4 aromatic rings. The number of anilines is 1. The minimum Gasteiger partial charge on any atom is -0.497 e. The Morgan fingerprint density at radius 2 is 1.44 bits per heavy atom. The van der Waals surface area contributed by atoms with Crippen molar-refractivity contribution < 1.29 is 22.7 Å². The van der Waals surface area contributed by atoms with Crippen LogP contribution in [0.5, 0.6) is 5.75 Å². The van der Waals surface area contributed by atoms with E-state index in [4.69, 9.17) is 4.74 Å². The Labute approximate surface area is 266 Å². The fraction of sp³-hybridized carbons (Fsp3) is 0.278. The number of hydrogen-bond donors (Lipinski definition) is 1. The zero-order valence-electron chi connectivity index (χ0n) is 26.4. The Hall–Kier alpha value is -4.63. The monoisotopic (exact) mass is 627 g/mol. The Bertz CT molecular complexity index is 1690. The summed E-state index contributed by atoms with van der Waals surface area (Å²) < 4.78 is 34.7. The number of nitrogens with zero attached hydrogens (tertiary/aromatic N) is 2. The molecule has 0 saturated heterocycles. The van der Waals surface area contributed by atoms with Gasteiger partial charge in [-0.15, -0.1) is 0 Å². The SMILES string of the molecule is COc1ccc(N(CC(=O)N(Cc2ccccc2C)[C@H](Cc2ccccc2)C(=O)NC(C)C)S(=O)(=O)c2ccc(C)cc2)cc1. The van der Waals surface area contributed by atoms with E-state index < -0.39 is 28.5 Å². The van der Waals surface area contributed by atoms with E-state index in [0.717, 1.165) is 26.6 Å². The Kier molecular flexibility index (Phi) is 11.0. The van der Waals surface area contributed by atoms with Gasteiger partial charge in [-0.3, -0.25) is 13.9 Å². The van der Waals surface area contributed by atoms with Gasteiger partial charge in [0.05, 0.1) is 17.7 Å². The van der Waals surface area contributed by atoms with Crippen molar-refractivity contribution in [1.29, 1.82) is 0 Å². The van der Waals surface area contributed by atoms with Gasteiger partial charge in [0, 0.05) is 19.0 Å². The van der Waals surface area contributed by atoms with Crippen molar-refractivity contribution in [3.05, 3.63) is 125 Å². The Morgan fingerprint density at radius 3 is 2.04 bits per heavy atom. The number of nitrogens with one attached hydrogen (secondary N) is 1. The van der Waals surface area contributed by atoms with E-state index in [9.17, 15) is 18.0 Å². The summed E-state index contributed by atoms with van der Waals surface area (Å²) in [6.45, 7) is 7.16. The van der Waals surface area contributed by atoms with Crippen LogP contribution >= 0.6 is 0 Å². The van der Waals surface area contributed by atoms with E-state index >= 15 is 0 Å². The fourth-order valence-corrected chi connectivity index (χ4v) is 6.43. The molecule has 2 amide bonds. The molecule has 236 valence electrons. The molecule has 0 unspecified atom stereocenters. The van der Waals surface area contributed by atoms with Crippen molar-refractivity contribution in [3.63, 3.8) is 0 Å². The summed E-state index contributed by atoms with van der Waals surface area (Å²) in [4.78, 5) is 29.9. The highest BCUT2D eigenvalue weighted by Gasteiger charge is 2.35. The molecular weight excluding hydrogens is 586 g/mol. The summed E-state index contributed by atoms with van der Waals surface area (Å²) in [6, 6.07) is 29.1. The number of ether oxygens (including phenoxy) is 1. The maximum atomic E-state index is 14.5. The predicted molar refractivity (Wildman–Crippen MR) is 178 cm³/mol. The summed E-state index contributed by atoms with van der Waals surface area (Å²) in [5, 5.41) is 2.98. The first kappa shape index (κ1) is 33.3. The van der Waals surface area contributed by atoms with Crippen LogP contribution in [0.25, 0.3) is 0 Å². The minimum atomic E-state index is -4.18. The second kappa shape index (κ2) is 14.9. The molecule has 0 saturated carbocycles. The molecule has 9 heteroatoms. The van der Waals surface area contributed by atoms with Crippen LogP contribution < -0.4 is 14.4 Å². The van der Waals surface area contributed by atoms with Gasteiger partial charge in [0.15, 0.2) is 0 Å². The van der Waals surface area contributed by atoms with Crippen LogP contribution in [0.4, 0.5) is 5.69 Å². The molecule has 0 bridgehead atoms. The summed E-state index contributed by atoms with van der Waals surface area (Å²) in [6.07, 6.45) is 0.254. The number of aryl methyl sites for hydroxylation is 2. The lowest BCUT2D eigenvalue weighted by Gasteiger charge is -2.34. The van der Waals surface area contributed by atoms with Gasteiger partial charge < -0.3 is 15.0 Å². The molecule has 0 aliphatic rings. The molecule has 1 N–H and O–H groups in total. The van der Waals surface area contributed by atoms with Crippen molar-refractivity contribution in [3.8, 4) is 5.75 Å². The van der Waals surface area contributed by atoms with Crippen LogP contribution in [0.1, 0.15) is 36.1 Å². The number of benzene rings is 4. The molecule has 0 fully saturated rings. The summed E-state index contributed by atoms with van der Waals surface area (Å²) in [5.41, 5.74) is 3.90. The van der Waals surface area contributed by atoms with Gasteiger partial charge in [-0.05, 0) is 80.8 Å². The predicted octanol–water partition coefficient (Wildman–Crippen LogP) is 5.67. The first-order valence-corrected chi connectivity index (χ1v) is 16.4. The van der Waals surface area contributed by atoms with Crippen LogP contribution in [-0.2, 0) is 32.6 Å². The smallest absolute Gasteiger partial charge is 0.264 e. The van der Waals surface area contributed by atoms with Gasteiger partial charge in [0.1, 0.15) is 18.3 Å². The van der Waals surface area contributed by atoms with E-state index in [1.54, 1.807) is 36.4 Å². The van der Waals surface area contributed by atoms with E-state index in [1.807, 2.05) is 82.3 Å². The maximum absolute atomic E-state index is 14.5. The third kappa shape index (κ3) is 8.51. The molecule has 8 nitrogen and oxygen atoms in total. The van der Waals surface area contributed by atoms with Gasteiger partial charge >= 0.3 is 0 Å². The third-order valence-corrected chi connectivity index (χ3v) is 9.34. The standard InChI is InChI=1S/C36H41N3O5S/c1-26(2)37-36(41)34(23-29-12-7-6-8-13-29)38(24-30-14-10-9-11-28(30)4)35(40)25-39(31-17-19-32(44-5)20-18-31)45(42,43)33-21-15-27(3)16-22-33/h6-22,26,34H,23-25H2,1-5H3,(H,37,41)/t34-/m1/s1. The fourth-order valence-electron chi connectivity index (χ4n) is 5.02. The van der Waals surface area contributed by atoms with Crippen molar-refractivity contribution in [2.45, 2.75) is 57.6 Å². The molecule has 0 aliphatic carbocycles. The summed E-state index contributed by atoms with van der Waals surface area (Å²) in [7, 11) is -2.65. The van der Waals surface area contributed by atoms with Crippen LogP contribution in [-0.4, -0.2) is 50.9 Å². The number of carbonyl (C=O) groups is 2. The molecule has 4 aromatic carbocycles. The number of carbonyl (C=O) groups excluding carboxylic acids is 2. The second-order valence-electron chi connectivity index (χ2n) is 11.3. The Morgan fingerprint density at radius 1 is 0.822 bits per heavy atom. The first-order valence-electron chi connectivity index (χ1n) is 14.9. The van der Waals surface area contributed by atoms with Gasteiger partial charge in [0.25, 0.3) is 10.0 Å². The van der Waals surface area contributed by atoms with Gasteiger partial charge in [-0.25, -0.2) is 8.42 Å². The summed E-state index contributed by atoms with van der Waals surface area (Å²) in [5.74, 6) is -0.273. The highest BCUT2D eigenvalue weighted by atomic mass is 32.2. The topological polar surface area (TPSA) is 96.0 Å². The van der Waals surface area contributed by atoms with Crippen molar-refractivity contribution in [1.82, 2.24) is 10.2 Å². The molecular formula is C36H41N3O5S. The quantitative estimate of drug-likeness (QED) is 0.206. The van der Waals surface area contributed by atoms with Crippen LogP contribution in [0.3, 0.4) is 0 Å². The largest absolute Gasteiger partial charge is 0.497 e. The second-order valence-corrected chi connectivity index (χ2v) is 13.2. The summed E-state index contributed by atoms with van der Waals surface area (Å²) >= 11 is 0. The number of sulfonamides is 1. The zero-order valence-corrected chi connectivity index (χ0v) is 27.3. The van der Waals surface area contributed by atoms with Crippen LogP contribution in [0.15, 0.2) is 108 Å². The maximum Gasteiger partial charge on any atom is 0.264 e. The number of hydrogen-bond acceptors (Lipinski definition) is 5. The van der Waals surface area contributed by atoms with E-state index in [0.29, 0.717) is 11.4 Å². The van der Waals surface area contributed by atoms with Gasteiger partial charge in [-0.1, -0.05) is 72.3 Å². The molecule has 0 heterocycles. The lowest BCUT2D eigenvalue weighted by molar-refractivity contribution is -0.140. The third-order valence-electron chi connectivity index (χ3n) is 7.55. The molecule has 0 aromatic heterocycles. The van der Waals surface area contributed by atoms with Gasteiger partial charge in [-0.2, -0.15) is 0 Å². The van der Waals surface area contributed by atoms with E-state index in [-0.39, 0.29) is 29.8 Å². The molecule has 45 heavy (non-hydrogen) atoms. The van der Waals surface area contributed by atoms with Crippen molar-refractivity contribution in [2.24, 2.45) is 0 Å². The highest BCUT2D eigenvalue weighted by molar-refractivity contribution is 7.92. The average Bonchev–Trinajstić information content (AvgIpc) is 3.02. The van der Waals surface area contributed by atoms with E-state index in [1.165, 1.54) is 24.1 Å². The Balaban J connectivity index is 1.81. The number of rotatable bonds is 13. The molecule has 0 aliphatic heterocycles. The van der Waals surface area contributed by atoms with Gasteiger partial charge in [0.2, 0.25) is 11.8 Å². The first-order chi connectivity index (χ1) is 21.5. The zero-order chi connectivity index (χ0) is 32.6. The normalized spacial score (nSPS) is 12.0. The highest BCUT2D eigenvalue weighted by Crippen LogP contribution is 2.27. The van der Waals surface area contributed by atoms with Crippen molar-refractivity contribution >= 4 is 27.5 Å². The lowest BCUT2D eigenvalue weighted by atomic mass is 10.0.